The molecule has 0 bridgehead atoms. The van der Waals surface area contributed by atoms with Gasteiger partial charge in [0.25, 0.3) is 0 Å². The van der Waals surface area contributed by atoms with Gasteiger partial charge < -0.3 is 4.74 Å². The first kappa shape index (κ1) is 9.96. The van der Waals surface area contributed by atoms with Crippen molar-refractivity contribution in [2.75, 3.05) is 7.11 Å². The van der Waals surface area contributed by atoms with Crippen LogP contribution in [0.2, 0.25) is 0 Å². The Balaban J connectivity index is 3.17. The van der Waals surface area contributed by atoms with Gasteiger partial charge in [-0.3, -0.25) is 0 Å². The Morgan fingerprint density at radius 1 is 1.20 bits per heavy atom. The second-order valence-corrected chi connectivity index (χ2v) is 3.14. The van der Waals surface area contributed by atoms with Crippen molar-refractivity contribution < 1.29 is 4.74 Å². The molecule has 0 radical (unpaired) electrons. The van der Waals surface area contributed by atoms with Crippen molar-refractivity contribution >= 4 is 0 Å². The topological polar surface area (TPSA) is 9.23 Å². The maximum absolute atomic E-state index is 5.15. The van der Waals surface area contributed by atoms with Crippen LogP contribution in [0, 0.1) is 5.92 Å². The minimum atomic E-state index is 0.439. The van der Waals surface area contributed by atoms with Gasteiger partial charge in [0, 0.05) is 7.11 Å². The van der Waals surface area contributed by atoms with Crippen LogP contribution < -0.4 is 0 Å². The van der Waals surface area contributed by atoms with Crippen molar-refractivity contribution in [2.24, 2.45) is 5.92 Å². The van der Waals surface area contributed by atoms with Crippen LogP contribution in [0.25, 0.3) is 0 Å². The summed E-state index contributed by atoms with van der Waals surface area (Å²) >= 11 is 0. The number of rotatable bonds is 5. The molecule has 1 heteroatoms. The molecule has 0 amide bonds. The second kappa shape index (κ2) is 5.72. The van der Waals surface area contributed by atoms with E-state index in [2.05, 4.69) is 20.8 Å². The van der Waals surface area contributed by atoms with E-state index in [1.54, 1.807) is 7.11 Å². The van der Waals surface area contributed by atoms with Gasteiger partial charge in [0.05, 0.1) is 6.10 Å². The number of hydrogen-bond donors (Lipinski definition) is 0. The Labute approximate surface area is 64.8 Å². The highest BCUT2D eigenvalue weighted by Gasteiger charge is 2.02. The minimum Gasteiger partial charge on any atom is -0.382 e. The van der Waals surface area contributed by atoms with Crippen LogP contribution in [0.1, 0.15) is 40.0 Å². The number of ether oxygens (including phenoxy) is 1. The van der Waals surface area contributed by atoms with Gasteiger partial charge in [-0.05, 0) is 25.7 Å². The first-order chi connectivity index (χ1) is 4.70. The van der Waals surface area contributed by atoms with Crippen LogP contribution >= 0.6 is 0 Å². The molecule has 0 aromatic heterocycles. The summed E-state index contributed by atoms with van der Waals surface area (Å²) < 4.78 is 5.15. The van der Waals surface area contributed by atoms with Gasteiger partial charge in [-0.15, -0.1) is 0 Å². The van der Waals surface area contributed by atoms with Crippen LogP contribution in [-0.2, 0) is 4.74 Å². The lowest BCUT2D eigenvalue weighted by Crippen LogP contribution is -2.06. The van der Waals surface area contributed by atoms with Crippen molar-refractivity contribution in [1.29, 1.82) is 0 Å². The molecule has 0 aliphatic heterocycles. The first-order valence-electron chi connectivity index (χ1n) is 4.23. The molecule has 10 heavy (non-hydrogen) atoms. The molecule has 0 rings (SSSR count). The zero-order chi connectivity index (χ0) is 7.98. The molecule has 0 heterocycles. The fourth-order valence-corrected chi connectivity index (χ4v) is 0.841. The Bertz CT molecular complexity index is 61.1. The summed E-state index contributed by atoms with van der Waals surface area (Å²) in [6.07, 6.45) is 4.22. The summed E-state index contributed by atoms with van der Waals surface area (Å²) in [5.41, 5.74) is 0. The standard InChI is InChI=1S/C9H20O/c1-5-8(2)6-7-9(3)10-4/h8-9H,5-7H2,1-4H3/t8-,9+/m0/s1. The summed E-state index contributed by atoms with van der Waals surface area (Å²) in [6, 6.07) is 0. The molecule has 0 saturated heterocycles. The van der Waals surface area contributed by atoms with E-state index >= 15 is 0 Å². The van der Waals surface area contributed by atoms with Gasteiger partial charge in [-0.2, -0.15) is 0 Å². The Morgan fingerprint density at radius 3 is 2.20 bits per heavy atom. The largest absolute Gasteiger partial charge is 0.382 e. The van der Waals surface area contributed by atoms with Crippen LogP contribution in [-0.4, -0.2) is 13.2 Å². The molecular weight excluding hydrogens is 124 g/mol. The van der Waals surface area contributed by atoms with Gasteiger partial charge in [-0.25, -0.2) is 0 Å². The molecule has 0 fully saturated rings. The summed E-state index contributed by atoms with van der Waals surface area (Å²) in [5, 5.41) is 0. The normalized spacial score (nSPS) is 16.8. The van der Waals surface area contributed by atoms with Crippen LogP contribution in [0.4, 0.5) is 0 Å². The molecule has 0 spiro atoms. The Kier molecular flexibility index (Phi) is 5.70. The SMILES string of the molecule is CC[C@H](C)CC[C@@H](C)OC. The summed E-state index contributed by atoms with van der Waals surface area (Å²) in [5.74, 6) is 0.859. The first-order valence-corrected chi connectivity index (χ1v) is 4.23. The van der Waals surface area contributed by atoms with E-state index in [0.29, 0.717) is 6.10 Å². The molecule has 0 saturated carbocycles. The van der Waals surface area contributed by atoms with E-state index in [9.17, 15) is 0 Å². The highest BCUT2D eigenvalue weighted by molar-refractivity contribution is 4.54. The molecule has 0 aromatic rings. The lowest BCUT2D eigenvalue weighted by Gasteiger charge is -2.12. The molecule has 0 unspecified atom stereocenters. The van der Waals surface area contributed by atoms with E-state index in [1.165, 1.54) is 19.3 Å². The molecule has 0 aliphatic carbocycles. The molecule has 1 nitrogen and oxygen atoms in total. The zero-order valence-corrected chi connectivity index (χ0v) is 7.68. The van der Waals surface area contributed by atoms with Crippen LogP contribution in [0.3, 0.4) is 0 Å². The van der Waals surface area contributed by atoms with Crippen LogP contribution in [0.5, 0.6) is 0 Å². The van der Waals surface area contributed by atoms with E-state index in [-0.39, 0.29) is 0 Å². The second-order valence-electron chi connectivity index (χ2n) is 3.14. The van der Waals surface area contributed by atoms with Crippen molar-refractivity contribution in [3.63, 3.8) is 0 Å². The fraction of sp³-hybridized carbons (Fsp3) is 1.00. The highest BCUT2D eigenvalue weighted by Crippen LogP contribution is 2.11. The Morgan fingerprint density at radius 2 is 1.80 bits per heavy atom. The third-order valence-corrected chi connectivity index (χ3v) is 2.17. The molecule has 2 atom stereocenters. The lowest BCUT2D eigenvalue weighted by atomic mass is 10.0. The average molecular weight is 144 g/mol. The van der Waals surface area contributed by atoms with Gasteiger partial charge in [-0.1, -0.05) is 20.3 Å². The quantitative estimate of drug-likeness (QED) is 0.576. The highest BCUT2D eigenvalue weighted by atomic mass is 16.5. The van der Waals surface area contributed by atoms with Crippen molar-refractivity contribution in [1.82, 2.24) is 0 Å². The number of hydrogen-bond acceptors (Lipinski definition) is 1. The average Bonchev–Trinajstić information content (AvgIpc) is 1.99. The monoisotopic (exact) mass is 144 g/mol. The van der Waals surface area contributed by atoms with Crippen molar-refractivity contribution in [2.45, 2.75) is 46.1 Å². The third kappa shape index (κ3) is 4.80. The van der Waals surface area contributed by atoms with Crippen LogP contribution in [0.15, 0.2) is 0 Å². The van der Waals surface area contributed by atoms with Gasteiger partial charge >= 0.3 is 0 Å². The maximum Gasteiger partial charge on any atom is 0.0543 e. The van der Waals surface area contributed by atoms with E-state index < -0.39 is 0 Å². The van der Waals surface area contributed by atoms with Crippen molar-refractivity contribution in [3.8, 4) is 0 Å². The van der Waals surface area contributed by atoms with Gasteiger partial charge in [0.15, 0.2) is 0 Å². The molecule has 62 valence electrons. The fourth-order valence-electron chi connectivity index (χ4n) is 0.841. The van der Waals surface area contributed by atoms with E-state index in [0.717, 1.165) is 5.92 Å². The van der Waals surface area contributed by atoms with Crippen molar-refractivity contribution in [3.05, 3.63) is 0 Å². The maximum atomic E-state index is 5.15. The van der Waals surface area contributed by atoms with Gasteiger partial charge in [0.1, 0.15) is 0 Å². The van der Waals surface area contributed by atoms with Gasteiger partial charge in [0.2, 0.25) is 0 Å². The summed E-state index contributed by atoms with van der Waals surface area (Å²) in [7, 11) is 1.78. The molecule has 0 aliphatic rings. The number of methoxy groups -OCH3 is 1. The smallest absolute Gasteiger partial charge is 0.0543 e. The minimum absolute atomic E-state index is 0.439. The molecule has 0 N–H and O–H groups in total. The molecular formula is C9H20O. The Hall–Kier alpha value is -0.0400. The predicted octanol–water partition coefficient (Wildman–Crippen LogP) is 2.85. The summed E-state index contributed by atoms with van der Waals surface area (Å²) in [6.45, 7) is 6.66. The van der Waals surface area contributed by atoms with E-state index in [4.69, 9.17) is 4.74 Å². The lowest BCUT2D eigenvalue weighted by molar-refractivity contribution is 0.105. The predicted molar refractivity (Wildman–Crippen MR) is 45.2 cm³/mol. The van der Waals surface area contributed by atoms with E-state index in [1.807, 2.05) is 0 Å². The zero-order valence-electron chi connectivity index (χ0n) is 7.68. The third-order valence-electron chi connectivity index (χ3n) is 2.17. The molecule has 0 aromatic carbocycles. The summed E-state index contributed by atoms with van der Waals surface area (Å²) in [4.78, 5) is 0.